The van der Waals surface area contributed by atoms with E-state index in [-0.39, 0.29) is 30.5 Å². The van der Waals surface area contributed by atoms with E-state index in [0.29, 0.717) is 30.5 Å². The number of aliphatic hydroxyl groups excluding tert-OH is 1. The van der Waals surface area contributed by atoms with E-state index in [0.717, 1.165) is 11.1 Å². The number of carbonyl (C=O) groups is 3. The van der Waals surface area contributed by atoms with Crippen molar-refractivity contribution in [3.05, 3.63) is 101 Å². The molecule has 0 saturated heterocycles. The van der Waals surface area contributed by atoms with Crippen molar-refractivity contribution in [1.29, 1.82) is 0 Å². The van der Waals surface area contributed by atoms with Crippen molar-refractivity contribution in [3.63, 3.8) is 0 Å². The molecule has 0 heterocycles. The number of nitrogens with zero attached hydrogens (tertiary/aromatic N) is 1. The molecule has 0 bridgehead atoms. The highest BCUT2D eigenvalue weighted by molar-refractivity contribution is 5.96. The Kier molecular flexibility index (Phi) is 11.3. The second-order valence-electron chi connectivity index (χ2n) is 9.89. The summed E-state index contributed by atoms with van der Waals surface area (Å²) in [4.78, 5) is 40.5. The number of phenols is 1. The highest BCUT2D eigenvalue weighted by atomic mass is 16.3. The minimum absolute atomic E-state index is 0.0136. The van der Waals surface area contributed by atoms with Crippen molar-refractivity contribution >= 4 is 17.7 Å². The molecule has 212 valence electrons. The smallest absolute Gasteiger partial charge is 0.252 e. The first kappa shape index (κ1) is 30.4. The average Bonchev–Trinajstić information content (AvgIpc) is 2.94. The third-order valence-corrected chi connectivity index (χ3v) is 7.00. The number of benzene rings is 3. The predicted molar refractivity (Wildman–Crippen MR) is 155 cm³/mol. The minimum atomic E-state index is -1.02. The average molecular weight is 546 g/mol. The normalized spacial score (nSPS) is 13.1. The summed E-state index contributed by atoms with van der Waals surface area (Å²) in [6.07, 6.45) is -0.185. The fraction of sp³-hybridized carbons (Fsp3) is 0.344. The van der Waals surface area contributed by atoms with Gasteiger partial charge in [0.25, 0.3) is 5.91 Å². The van der Waals surface area contributed by atoms with E-state index in [1.807, 2.05) is 67.6 Å². The predicted octanol–water partition coefficient (Wildman–Crippen LogP) is 3.39. The molecule has 0 radical (unpaired) electrons. The van der Waals surface area contributed by atoms with Crippen molar-refractivity contribution in [3.8, 4) is 5.75 Å². The fourth-order valence-electron chi connectivity index (χ4n) is 4.75. The van der Waals surface area contributed by atoms with Gasteiger partial charge in [0.05, 0.1) is 12.1 Å². The lowest BCUT2D eigenvalue weighted by molar-refractivity contribution is -0.139. The first-order valence-electron chi connectivity index (χ1n) is 13.6. The molecule has 3 aromatic carbocycles. The Morgan fingerprint density at radius 1 is 0.875 bits per heavy atom. The molecule has 0 unspecified atom stereocenters. The summed E-state index contributed by atoms with van der Waals surface area (Å²) >= 11 is 0. The van der Waals surface area contributed by atoms with Gasteiger partial charge in [-0.3, -0.25) is 14.4 Å². The van der Waals surface area contributed by atoms with Crippen LogP contribution in [0.4, 0.5) is 0 Å². The van der Waals surface area contributed by atoms with E-state index in [9.17, 15) is 24.6 Å². The summed E-state index contributed by atoms with van der Waals surface area (Å²) in [6, 6.07) is 22.3. The van der Waals surface area contributed by atoms with Crippen LogP contribution in [0.5, 0.6) is 5.75 Å². The molecule has 3 rings (SSSR count). The molecule has 0 aliphatic rings. The Bertz CT molecular complexity index is 1270. The number of amides is 3. The first-order chi connectivity index (χ1) is 19.2. The van der Waals surface area contributed by atoms with Gasteiger partial charge >= 0.3 is 0 Å². The van der Waals surface area contributed by atoms with Gasteiger partial charge < -0.3 is 25.7 Å². The Morgan fingerprint density at radius 2 is 1.48 bits per heavy atom. The third kappa shape index (κ3) is 8.41. The van der Waals surface area contributed by atoms with E-state index >= 15 is 0 Å². The number of phenolic OH excluding ortho intramolecular Hbond substituents is 1. The quantitative estimate of drug-likeness (QED) is 0.263. The Hall–Kier alpha value is -4.17. The van der Waals surface area contributed by atoms with Crippen LogP contribution in [0.15, 0.2) is 78.9 Å². The molecular weight excluding hydrogens is 506 g/mol. The van der Waals surface area contributed by atoms with E-state index < -0.39 is 24.1 Å². The maximum atomic E-state index is 13.2. The summed E-state index contributed by atoms with van der Waals surface area (Å²) in [6.45, 7) is 5.45. The molecule has 0 aliphatic carbocycles. The van der Waals surface area contributed by atoms with Crippen LogP contribution in [0.1, 0.15) is 47.3 Å². The van der Waals surface area contributed by atoms with Gasteiger partial charge in [0.15, 0.2) is 0 Å². The molecule has 0 aliphatic heterocycles. The van der Waals surface area contributed by atoms with Crippen LogP contribution in [0.3, 0.4) is 0 Å². The van der Waals surface area contributed by atoms with E-state index in [2.05, 4.69) is 10.6 Å². The topological polar surface area (TPSA) is 119 Å². The van der Waals surface area contributed by atoms with Crippen molar-refractivity contribution in [1.82, 2.24) is 15.5 Å². The van der Waals surface area contributed by atoms with Crippen LogP contribution < -0.4 is 10.6 Å². The third-order valence-electron chi connectivity index (χ3n) is 7.00. The van der Waals surface area contributed by atoms with Crippen LogP contribution in [0.2, 0.25) is 0 Å². The van der Waals surface area contributed by atoms with Gasteiger partial charge in [0, 0.05) is 37.6 Å². The second-order valence-corrected chi connectivity index (χ2v) is 9.89. The molecule has 0 saturated carbocycles. The maximum absolute atomic E-state index is 13.2. The van der Waals surface area contributed by atoms with Gasteiger partial charge in [-0.05, 0) is 49.9 Å². The standard InChI is InChI=1S/C32H39N3O5/c1-4-33-32(40)28(21-25-14-9-6-10-15-25)35(23(3)36)19-18-30(38)27(20-24-12-7-5-8-13-24)34-31(39)26-16-11-17-29(37)22(26)2/h5-17,27-28,30,37-38H,4,18-21H2,1-3H3,(H,33,40)(H,34,39)/t27-,28-,30+/m0/s1. The summed E-state index contributed by atoms with van der Waals surface area (Å²) < 4.78 is 0. The lowest BCUT2D eigenvalue weighted by Crippen LogP contribution is -2.52. The molecule has 3 atom stereocenters. The maximum Gasteiger partial charge on any atom is 0.252 e. The number of hydrogen-bond acceptors (Lipinski definition) is 5. The van der Waals surface area contributed by atoms with Crippen LogP contribution in [-0.4, -0.2) is 64.1 Å². The lowest BCUT2D eigenvalue weighted by Gasteiger charge is -2.32. The summed E-state index contributed by atoms with van der Waals surface area (Å²) in [5.74, 6) is -0.941. The molecule has 3 amide bonds. The minimum Gasteiger partial charge on any atom is -0.508 e. The molecule has 40 heavy (non-hydrogen) atoms. The molecule has 8 heteroatoms. The number of rotatable bonds is 13. The van der Waals surface area contributed by atoms with Gasteiger partial charge in [0.1, 0.15) is 11.8 Å². The Morgan fingerprint density at radius 3 is 2.05 bits per heavy atom. The van der Waals surface area contributed by atoms with E-state index in [1.54, 1.807) is 19.1 Å². The zero-order chi connectivity index (χ0) is 29.1. The van der Waals surface area contributed by atoms with Gasteiger partial charge in [0.2, 0.25) is 11.8 Å². The lowest BCUT2D eigenvalue weighted by atomic mass is 9.97. The second kappa shape index (κ2) is 14.8. The van der Waals surface area contributed by atoms with Crippen LogP contribution in [0, 0.1) is 6.92 Å². The zero-order valence-electron chi connectivity index (χ0n) is 23.3. The van der Waals surface area contributed by atoms with Crippen LogP contribution in [0.25, 0.3) is 0 Å². The molecule has 0 fully saturated rings. The van der Waals surface area contributed by atoms with Crippen molar-refractivity contribution in [2.45, 2.75) is 58.2 Å². The largest absolute Gasteiger partial charge is 0.508 e. The Labute approximate surface area is 236 Å². The highest BCUT2D eigenvalue weighted by Gasteiger charge is 2.30. The molecular formula is C32H39N3O5. The van der Waals surface area contributed by atoms with E-state index in [4.69, 9.17) is 0 Å². The zero-order valence-corrected chi connectivity index (χ0v) is 23.3. The molecule has 8 nitrogen and oxygen atoms in total. The fourth-order valence-corrected chi connectivity index (χ4v) is 4.75. The number of likely N-dealkylation sites (N-methyl/N-ethyl adjacent to an activating group) is 1. The number of aromatic hydroxyl groups is 1. The molecule has 0 spiro atoms. The molecule has 0 aromatic heterocycles. The van der Waals surface area contributed by atoms with Crippen molar-refractivity contribution < 1.29 is 24.6 Å². The SMILES string of the molecule is CCNC(=O)[C@H](Cc1ccccc1)N(CC[C@@H](O)[C@H](Cc1ccccc1)NC(=O)c1cccc(O)c1C)C(C)=O. The number of nitrogens with one attached hydrogen (secondary N) is 2. The van der Waals surface area contributed by atoms with Gasteiger partial charge in [-0.25, -0.2) is 0 Å². The van der Waals surface area contributed by atoms with Gasteiger partial charge in [-0.15, -0.1) is 0 Å². The number of carbonyl (C=O) groups excluding carboxylic acids is 3. The first-order valence-corrected chi connectivity index (χ1v) is 13.6. The van der Waals surface area contributed by atoms with Gasteiger partial charge in [-0.1, -0.05) is 66.7 Å². The summed E-state index contributed by atoms with van der Waals surface area (Å²) in [7, 11) is 0. The Balaban J connectivity index is 1.81. The van der Waals surface area contributed by atoms with Crippen molar-refractivity contribution in [2.24, 2.45) is 0 Å². The van der Waals surface area contributed by atoms with E-state index in [1.165, 1.54) is 17.9 Å². The highest BCUT2D eigenvalue weighted by Crippen LogP contribution is 2.20. The van der Waals surface area contributed by atoms with Crippen LogP contribution >= 0.6 is 0 Å². The molecule has 4 N–H and O–H groups in total. The van der Waals surface area contributed by atoms with Crippen molar-refractivity contribution in [2.75, 3.05) is 13.1 Å². The number of hydrogen-bond donors (Lipinski definition) is 4. The van der Waals surface area contributed by atoms with Crippen LogP contribution in [-0.2, 0) is 22.4 Å². The summed E-state index contributed by atoms with van der Waals surface area (Å²) in [5, 5.41) is 27.2. The molecule has 3 aromatic rings. The summed E-state index contributed by atoms with van der Waals surface area (Å²) in [5.41, 5.74) is 2.60. The van der Waals surface area contributed by atoms with Gasteiger partial charge in [-0.2, -0.15) is 0 Å². The number of aliphatic hydroxyl groups is 1. The monoisotopic (exact) mass is 545 g/mol.